The number of primary amides is 1. The maximum Gasteiger partial charge on any atom is 0.256 e. The molecule has 0 atom stereocenters. The largest absolute Gasteiger partial charge is 0.493 e. The Morgan fingerprint density at radius 2 is 2.04 bits per heavy atom. The lowest BCUT2D eigenvalue weighted by molar-refractivity contribution is -0.127. The third-order valence-electron chi connectivity index (χ3n) is 5.42. The lowest BCUT2D eigenvalue weighted by Gasteiger charge is -2.34. The molecule has 7 nitrogen and oxygen atoms in total. The van der Waals surface area contributed by atoms with Gasteiger partial charge in [0.15, 0.2) is 0 Å². The number of carbonyl (C=O) groups excluding carboxylic acids is 2. The molecule has 3 N–H and O–H groups in total. The molecule has 2 amide bonds. The van der Waals surface area contributed by atoms with E-state index in [0.717, 1.165) is 0 Å². The van der Waals surface area contributed by atoms with Crippen molar-refractivity contribution in [1.29, 1.82) is 0 Å². The van der Waals surface area contributed by atoms with Gasteiger partial charge in [0.2, 0.25) is 5.91 Å². The molecule has 27 heavy (non-hydrogen) atoms. The molecule has 1 aliphatic carbocycles. The highest BCUT2D eigenvalue weighted by Gasteiger charge is 2.40. The first kappa shape index (κ1) is 17.9. The zero-order chi connectivity index (χ0) is 19.0. The van der Waals surface area contributed by atoms with Gasteiger partial charge < -0.3 is 24.9 Å². The van der Waals surface area contributed by atoms with E-state index in [1.165, 1.54) is 12.8 Å². The minimum atomic E-state index is -1.09. The summed E-state index contributed by atoms with van der Waals surface area (Å²) in [4.78, 5) is 25.1. The second-order valence-corrected chi connectivity index (χ2v) is 7.46. The van der Waals surface area contributed by atoms with Gasteiger partial charge in [-0.3, -0.25) is 9.59 Å². The summed E-state index contributed by atoms with van der Waals surface area (Å²) in [6.07, 6.45) is 3.14. The van der Waals surface area contributed by atoms with Crippen LogP contribution in [0.3, 0.4) is 0 Å². The Morgan fingerprint density at radius 1 is 1.30 bits per heavy atom. The third kappa shape index (κ3) is 3.51. The molecular formula is C20H24N2O5. The molecule has 0 radical (unpaired) electrons. The zero-order valence-electron chi connectivity index (χ0n) is 15.4. The van der Waals surface area contributed by atoms with E-state index in [1.807, 2.05) is 12.1 Å². The molecule has 4 rings (SSSR count). The first-order valence-corrected chi connectivity index (χ1v) is 9.35. The van der Waals surface area contributed by atoms with Gasteiger partial charge in [-0.05, 0) is 43.9 Å². The number of fused-ring (bicyclic) bond motifs is 1. The molecule has 1 aromatic carbocycles. The average Bonchev–Trinajstić information content (AvgIpc) is 3.41. The highest BCUT2D eigenvalue weighted by molar-refractivity contribution is 6.09. The molecule has 1 saturated heterocycles. The van der Waals surface area contributed by atoms with E-state index in [9.17, 15) is 9.59 Å². The number of carbonyl (C=O) groups is 2. The van der Waals surface area contributed by atoms with Crippen LogP contribution in [-0.4, -0.2) is 37.2 Å². The molecule has 2 aromatic rings. The summed E-state index contributed by atoms with van der Waals surface area (Å²) in [7, 11) is 0. The highest BCUT2D eigenvalue weighted by Crippen LogP contribution is 2.33. The van der Waals surface area contributed by atoms with Crippen LogP contribution in [0, 0.1) is 12.8 Å². The summed E-state index contributed by atoms with van der Waals surface area (Å²) in [5.74, 6) is 0.927. The normalized spacial score (nSPS) is 19.0. The number of aryl methyl sites for hydroxylation is 1. The Morgan fingerprint density at radius 3 is 2.70 bits per heavy atom. The molecule has 0 bridgehead atoms. The standard InChI is InChI=1S/C20H24N2O5/c1-12-17(18(23)22-20(19(21)24)6-8-25-9-7-20)15-10-14(4-5-16(15)27-12)26-11-13-2-3-13/h4-5,10,13H,2-3,6-9,11H2,1H3,(H2,21,24)(H,22,23). The number of nitrogens with one attached hydrogen (secondary N) is 1. The van der Waals surface area contributed by atoms with Crippen molar-refractivity contribution in [3.05, 3.63) is 29.5 Å². The van der Waals surface area contributed by atoms with Gasteiger partial charge in [-0.2, -0.15) is 0 Å². The summed E-state index contributed by atoms with van der Waals surface area (Å²) < 4.78 is 16.9. The molecule has 1 saturated carbocycles. The number of rotatable bonds is 6. The van der Waals surface area contributed by atoms with E-state index in [1.54, 1.807) is 13.0 Å². The number of hydrogen-bond acceptors (Lipinski definition) is 5. The van der Waals surface area contributed by atoms with Crippen LogP contribution in [0.15, 0.2) is 22.6 Å². The van der Waals surface area contributed by atoms with Crippen molar-refractivity contribution in [2.45, 2.75) is 38.1 Å². The number of furan rings is 1. The van der Waals surface area contributed by atoms with E-state index in [-0.39, 0.29) is 5.91 Å². The summed E-state index contributed by atoms with van der Waals surface area (Å²) in [6, 6.07) is 5.47. The summed E-state index contributed by atoms with van der Waals surface area (Å²) >= 11 is 0. The van der Waals surface area contributed by atoms with Crippen LogP contribution in [0.4, 0.5) is 0 Å². The Balaban J connectivity index is 1.62. The second-order valence-electron chi connectivity index (χ2n) is 7.46. The Bertz CT molecular complexity index is 878. The summed E-state index contributed by atoms with van der Waals surface area (Å²) in [5.41, 5.74) is 5.53. The Kier molecular flexibility index (Phi) is 4.55. The first-order chi connectivity index (χ1) is 13.0. The Hall–Kier alpha value is -2.54. The average molecular weight is 372 g/mol. The fourth-order valence-corrected chi connectivity index (χ4v) is 3.50. The van der Waals surface area contributed by atoms with Gasteiger partial charge in [-0.15, -0.1) is 0 Å². The number of ether oxygens (including phenoxy) is 2. The molecular weight excluding hydrogens is 348 g/mol. The predicted octanol–water partition coefficient (Wildman–Crippen LogP) is 2.29. The zero-order valence-corrected chi connectivity index (χ0v) is 15.4. The van der Waals surface area contributed by atoms with Crippen LogP contribution in [-0.2, 0) is 9.53 Å². The van der Waals surface area contributed by atoms with E-state index in [0.29, 0.717) is 66.6 Å². The van der Waals surface area contributed by atoms with Crippen molar-refractivity contribution in [1.82, 2.24) is 5.32 Å². The van der Waals surface area contributed by atoms with Crippen LogP contribution in [0.5, 0.6) is 5.75 Å². The van der Waals surface area contributed by atoms with Crippen molar-refractivity contribution in [2.24, 2.45) is 11.7 Å². The molecule has 1 aliphatic heterocycles. The van der Waals surface area contributed by atoms with Crippen LogP contribution >= 0.6 is 0 Å². The fraction of sp³-hybridized carbons (Fsp3) is 0.500. The lowest BCUT2D eigenvalue weighted by Crippen LogP contribution is -2.60. The third-order valence-corrected chi connectivity index (χ3v) is 5.42. The minimum absolute atomic E-state index is 0.360. The first-order valence-electron chi connectivity index (χ1n) is 9.35. The summed E-state index contributed by atoms with van der Waals surface area (Å²) in [5, 5.41) is 3.52. The molecule has 144 valence electrons. The Labute approximate surface area is 157 Å². The number of nitrogens with two attached hydrogens (primary N) is 1. The molecule has 2 aliphatic rings. The molecule has 7 heteroatoms. The topological polar surface area (TPSA) is 104 Å². The van der Waals surface area contributed by atoms with E-state index in [2.05, 4.69) is 5.32 Å². The van der Waals surface area contributed by atoms with Gasteiger partial charge in [0, 0.05) is 31.4 Å². The van der Waals surface area contributed by atoms with Crippen LogP contribution in [0.25, 0.3) is 11.0 Å². The van der Waals surface area contributed by atoms with Gasteiger partial charge in [-0.25, -0.2) is 0 Å². The fourth-order valence-electron chi connectivity index (χ4n) is 3.50. The van der Waals surface area contributed by atoms with Gasteiger partial charge in [0.25, 0.3) is 5.91 Å². The van der Waals surface area contributed by atoms with Crippen molar-refractivity contribution in [3.8, 4) is 5.75 Å². The van der Waals surface area contributed by atoms with Crippen LogP contribution in [0.2, 0.25) is 0 Å². The van der Waals surface area contributed by atoms with Crippen molar-refractivity contribution >= 4 is 22.8 Å². The molecule has 2 fully saturated rings. The minimum Gasteiger partial charge on any atom is -0.493 e. The van der Waals surface area contributed by atoms with Crippen LogP contribution < -0.4 is 15.8 Å². The highest BCUT2D eigenvalue weighted by atomic mass is 16.5. The lowest BCUT2D eigenvalue weighted by atomic mass is 9.88. The van der Waals surface area contributed by atoms with Gasteiger partial charge in [-0.1, -0.05) is 0 Å². The molecule has 2 heterocycles. The maximum atomic E-state index is 13.0. The van der Waals surface area contributed by atoms with Crippen LogP contribution in [0.1, 0.15) is 41.8 Å². The number of hydrogen-bond donors (Lipinski definition) is 2. The monoisotopic (exact) mass is 372 g/mol. The maximum absolute atomic E-state index is 13.0. The predicted molar refractivity (Wildman–Crippen MR) is 98.6 cm³/mol. The quantitative estimate of drug-likeness (QED) is 0.810. The number of amides is 2. The van der Waals surface area contributed by atoms with Crippen molar-refractivity contribution in [2.75, 3.05) is 19.8 Å². The molecule has 0 spiro atoms. The SMILES string of the molecule is Cc1oc2ccc(OCC3CC3)cc2c1C(=O)NC1(C(N)=O)CCOCC1. The molecule has 0 unspecified atom stereocenters. The summed E-state index contributed by atoms with van der Waals surface area (Å²) in [6.45, 7) is 3.19. The van der Waals surface area contributed by atoms with Crippen molar-refractivity contribution < 1.29 is 23.5 Å². The van der Waals surface area contributed by atoms with Crippen molar-refractivity contribution in [3.63, 3.8) is 0 Å². The van der Waals surface area contributed by atoms with E-state index >= 15 is 0 Å². The van der Waals surface area contributed by atoms with E-state index < -0.39 is 11.4 Å². The van der Waals surface area contributed by atoms with Gasteiger partial charge in [0.05, 0.1) is 12.2 Å². The second kappa shape index (κ2) is 6.88. The van der Waals surface area contributed by atoms with E-state index in [4.69, 9.17) is 19.6 Å². The van der Waals surface area contributed by atoms with Gasteiger partial charge in [0.1, 0.15) is 22.6 Å². The van der Waals surface area contributed by atoms with Gasteiger partial charge >= 0.3 is 0 Å². The number of benzene rings is 1. The smallest absolute Gasteiger partial charge is 0.256 e. The molecule has 1 aromatic heterocycles.